The Morgan fingerprint density at radius 2 is 1.94 bits per heavy atom. The summed E-state index contributed by atoms with van der Waals surface area (Å²) in [6.45, 7) is 4.39. The summed E-state index contributed by atoms with van der Waals surface area (Å²) in [7, 11) is 3.40. The van der Waals surface area contributed by atoms with E-state index in [0.717, 1.165) is 12.5 Å². The number of esters is 1. The summed E-state index contributed by atoms with van der Waals surface area (Å²) in [6.07, 6.45) is 0.798. The minimum atomic E-state index is -0.871. The number of hydrogen-bond acceptors (Lipinski definition) is 5. The average molecular weight is 341 g/mol. The van der Waals surface area contributed by atoms with E-state index in [1.165, 1.54) is 14.2 Å². The molecule has 0 aromatic rings. The Labute approximate surface area is 120 Å². The van der Waals surface area contributed by atoms with Gasteiger partial charge in [0.25, 0.3) is 0 Å². The number of hydrogen-bond donors (Lipinski definition) is 0. The first kappa shape index (κ1) is 18.0. The second kappa shape index (κ2) is 9.91. The summed E-state index contributed by atoms with van der Waals surface area (Å²) in [6, 6.07) is 0.849. The Morgan fingerprint density at radius 3 is 2.44 bits per heavy atom. The highest BCUT2D eigenvalue weighted by molar-refractivity contribution is 9.10. The van der Waals surface area contributed by atoms with E-state index in [2.05, 4.69) is 15.9 Å². The first-order valence-electron chi connectivity index (χ1n) is 5.75. The fourth-order valence-corrected chi connectivity index (χ4v) is 1.95. The minimum absolute atomic E-state index is 0.0684. The number of rotatable bonds is 10. The van der Waals surface area contributed by atoms with Gasteiger partial charge >= 0.3 is 5.97 Å². The zero-order chi connectivity index (χ0) is 14.0. The quantitative estimate of drug-likeness (QED) is 0.200. The van der Waals surface area contributed by atoms with Crippen LogP contribution in [0.25, 0.3) is 0 Å². The van der Waals surface area contributed by atoms with Crippen LogP contribution in [0.4, 0.5) is 0 Å². The number of carbonyl (C=O) groups is 1. The number of methoxy groups -OCH3 is 2. The zero-order valence-corrected chi connectivity index (χ0v) is 13.9. The highest BCUT2D eigenvalue weighted by Crippen LogP contribution is 2.19. The van der Waals surface area contributed by atoms with Crippen LogP contribution in [-0.2, 0) is 23.4 Å². The molecule has 0 aliphatic rings. The average Bonchev–Trinajstić information content (AvgIpc) is 2.36. The molecule has 0 saturated carbocycles. The van der Waals surface area contributed by atoms with E-state index < -0.39 is 4.70 Å². The topological polar surface area (TPSA) is 54.0 Å². The Hall–Kier alpha value is 0.0469. The normalized spacial score (nSPS) is 11.9. The number of carbonyl (C=O) groups excluding carboxylic acids is 1. The molecule has 0 atom stereocenters. The van der Waals surface area contributed by atoms with Crippen molar-refractivity contribution in [2.75, 3.05) is 27.4 Å². The maximum atomic E-state index is 11.2. The summed E-state index contributed by atoms with van der Waals surface area (Å²) in [5.41, 5.74) is 0. The summed E-state index contributed by atoms with van der Waals surface area (Å²) >= 11 is 3.27. The number of alkyl halides is 1. The van der Waals surface area contributed by atoms with Crippen molar-refractivity contribution in [3.63, 3.8) is 0 Å². The second-order valence-electron chi connectivity index (χ2n) is 3.93. The molecule has 0 unspecified atom stereocenters. The molecule has 2 radical (unpaired) electrons. The molecule has 0 aliphatic heterocycles. The van der Waals surface area contributed by atoms with Gasteiger partial charge in [0, 0.05) is 14.2 Å². The van der Waals surface area contributed by atoms with Crippen LogP contribution < -0.4 is 0 Å². The molecular formula is C11H21BrO5Si. The van der Waals surface area contributed by atoms with Gasteiger partial charge in [0.15, 0.2) is 0 Å². The van der Waals surface area contributed by atoms with Gasteiger partial charge in [-0.2, -0.15) is 0 Å². The highest BCUT2D eigenvalue weighted by Gasteiger charge is 2.25. The smallest absolute Gasteiger partial charge is 0.308 e. The maximum Gasteiger partial charge on any atom is 0.308 e. The van der Waals surface area contributed by atoms with Gasteiger partial charge in [0.2, 0.25) is 14.5 Å². The number of halogens is 1. The van der Waals surface area contributed by atoms with Crippen LogP contribution in [0.5, 0.6) is 0 Å². The van der Waals surface area contributed by atoms with E-state index >= 15 is 0 Å². The second-order valence-corrected chi connectivity index (χ2v) is 6.21. The SMILES string of the molecule is COC(Br)(CO[Si]CCCOC(=O)C(C)C)OC. The first-order chi connectivity index (χ1) is 8.45. The Morgan fingerprint density at radius 1 is 1.33 bits per heavy atom. The van der Waals surface area contributed by atoms with Gasteiger partial charge < -0.3 is 18.6 Å². The lowest BCUT2D eigenvalue weighted by molar-refractivity contribution is -0.147. The fraction of sp³-hybridized carbons (Fsp3) is 0.909. The molecule has 7 heteroatoms. The molecular weight excluding hydrogens is 320 g/mol. The fourth-order valence-electron chi connectivity index (χ4n) is 0.894. The van der Waals surface area contributed by atoms with Crippen LogP contribution in [0, 0.1) is 5.92 Å². The number of ether oxygens (including phenoxy) is 3. The van der Waals surface area contributed by atoms with Crippen LogP contribution in [0.1, 0.15) is 20.3 Å². The van der Waals surface area contributed by atoms with Gasteiger partial charge in [-0.05, 0) is 28.4 Å². The Bertz CT molecular complexity index is 233. The molecule has 0 aromatic heterocycles. The van der Waals surface area contributed by atoms with Crippen molar-refractivity contribution >= 4 is 31.7 Å². The van der Waals surface area contributed by atoms with Crippen LogP contribution in [-0.4, -0.2) is 47.9 Å². The monoisotopic (exact) mass is 340 g/mol. The summed E-state index contributed by atoms with van der Waals surface area (Å²) in [5.74, 6) is -0.224. The highest BCUT2D eigenvalue weighted by atomic mass is 79.9. The van der Waals surface area contributed by atoms with Gasteiger partial charge in [0.1, 0.15) is 0 Å². The summed E-state index contributed by atoms with van der Waals surface area (Å²) < 4.78 is 19.8. The van der Waals surface area contributed by atoms with Gasteiger partial charge in [-0.25, -0.2) is 0 Å². The van der Waals surface area contributed by atoms with E-state index in [-0.39, 0.29) is 11.9 Å². The van der Waals surface area contributed by atoms with Crippen LogP contribution in [0.2, 0.25) is 6.04 Å². The third kappa shape index (κ3) is 8.20. The molecule has 0 fully saturated rings. The third-order valence-corrected chi connectivity index (χ3v) is 3.88. The standard InChI is InChI=1S/C11H21BrO5Si/c1-9(2)10(13)16-6-5-7-18-17-8-11(12,14-3)15-4/h9H,5-8H2,1-4H3. The molecule has 0 aliphatic carbocycles. The third-order valence-electron chi connectivity index (χ3n) is 2.10. The van der Waals surface area contributed by atoms with Crippen molar-refractivity contribution in [2.45, 2.75) is 31.0 Å². The lowest BCUT2D eigenvalue weighted by Gasteiger charge is -2.23. The van der Waals surface area contributed by atoms with Gasteiger partial charge in [-0.15, -0.1) is 0 Å². The lowest BCUT2D eigenvalue weighted by Crippen LogP contribution is -2.32. The van der Waals surface area contributed by atoms with Crippen molar-refractivity contribution in [1.29, 1.82) is 0 Å². The van der Waals surface area contributed by atoms with Gasteiger partial charge in [-0.1, -0.05) is 13.8 Å². The molecule has 0 amide bonds. The van der Waals surface area contributed by atoms with Crippen LogP contribution in [0.3, 0.4) is 0 Å². The van der Waals surface area contributed by atoms with Crippen molar-refractivity contribution in [3.8, 4) is 0 Å². The largest absolute Gasteiger partial charge is 0.465 e. The van der Waals surface area contributed by atoms with Gasteiger partial charge in [0.05, 0.1) is 19.1 Å². The van der Waals surface area contributed by atoms with Crippen LogP contribution in [0.15, 0.2) is 0 Å². The predicted octanol–water partition coefficient (Wildman–Crippen LogP) is 1.97. The molecule has 0 aromatic carbocycles. The van der Waals surface area contributed by atoms with E-state index in [1.807, 2.05) is 13.8 Å². The molecule has 0 N–H and O–H groups in total. The molecule has 0 heterocycles. The van der Waals surface area contributed by atoms with E-state index in [1.54, 1.807) is 0 Å². The van der Waals surface area contributed by atoms with Crippen molar-refractivity contribution < 1.29 is 23.4 Å². The van der Waals surface area contributed by atoms with Gasteiger partial charge in [-0.3, -0.25) is 4.79 Å². The Balaban J connectivity index is 3.44. The first-order valence-corrected chi connectivity index (χ1v) is 7.66. The predicted molar refractivity (Wildman–Crippen MR) is 72.6 cm³/mol. The molecule has 0 rings (SSSR count). The van der Waals surface area contributed by atoms with Crippen molar-refractivity contribution in [2.24, 2.45) is 5.92 Å². The summed E-state index contributed by atoms with van der Waals surface area (Å²) in [5, 5.41) is 0. The molecule has 18 heavy (non-hydrogen) atoms. The van der Waals surface area contributed by atoms with E-state index in [0.29, 0.717) is 23.0 Å². The van der Waals surface area contributed by atoms with Crippen LogP contribution >= 0.6 is 15.9 Å². The van der Waals surface area contributed by atoms with E-state index in [9.17, 15) is 4.79 Å². The van der Waals surface area contributed by atoms with Crippen molar-refractivity contribution in [3.05, 3.63) is 0 Å². The minimum Gasteiger partial charge on any atom is -0.465 e. The molecule has 106 valence electrons. The maximum absolute atomic E-state index is 11.2. The molecule has 0 saturated heterocycles. The summed E-state index contributed by atoms with van der Waals surface area (Å²) in [4.78, 5) is 11.2. The molecule has 5 nitrogen and oxygen atoms in total. The lowest BCUT2D eigenvalue weighted by atomic mass is 10.2. The molecule has 0 bridgehead atoms. The zero-order valence-electron chi connectivity index (χ0n) is 11.3. The Kier molecular flexibility index (Phi) is 9.94. The van der Waals surface area contributed by atoms with E-state index in [4.69, 9.17) is 18.6 Å². The van der Waals surface area contributed by atoms with Crippen molar-refractivity contribution in [1.82, 2.24) is 0 Å². The molecule has 0 spiro atoms.